The van der Waals surface area contributed by atoms with E-state index in [2.05, 4.69) is 10.3 Å². The van der Waals surface area contributed by atoms with Crippen LogP contribution in [0.25, 0.3) is 10.9 Å². The van der Waals surface area contributed by atoms with Crippen LogP contribution in [0.4, 0.5) is 5.69 Å². The number of nitrogens with one attached hydrogen (secondary N) is 2. The van der Waals surface area contributed by atoms with Crippen LogP contribution < -0.4 is 5.32 Å². The van der Waals surface area contributed by atoms with E-state index in [0.29, 0.717) is 16.9 Å². The Labute approximate surface area is 128 Å². The third-order valence-corrected chi connectivity index (χ3v) is 3.57. The molecule has 1 aromatic heterocycles. The number of hydrogen-bond acceptors (Lipinski definition) is 2. The molecule has 0 bridgehead atoms. The van der Waals surface area contributed by atoms with Crippen LogP contribution in [-0.2, 0) is 0 Å². The number of Topliss-reactive ketones (excluding diaryl/α,β-unsaturated/α-hetero) is 1. The molecular formula is C18H16N2O2. The average molecular weight is 292 g/mol. The first-order chi connectivity index (χ1) is 10.5. The van der Waals surface area contributed by atoms with Crippen molar-refractivity contribution in [3.05, 3.63) is 65.4 Å². The van der Waals surface area contributed by atoms with Gasteiger partial charge in [0.2, 0.25) is 0 Å². The summed E-state index contributed by atoms with van der Waals surface area (Å²) in [6, 6.07) is 14.7. The third-order valence-electron chi connectivity index (χ3n) is 3.57. The molecule has 22 heavy (non-hydrogen) atoms. The number of carbonyl (C=O) groups is 2. The van der Waals surface area contributed by atoms with Crippen molar-refractivity contribution in [2.24, 2.45) is 0 Å². The van der Waals surface area contributed by atoms with Gasteiger partial charge in [-0.3, -0.25) is 9.59 Å². The van der Waals surface area contributed by atoms with Crippen LogP contribution in [0.1, 0.15) is 33.3 Å². The van der Waals surface area contributed by atoms with E-state index in [9.17, 15) is 9.59 Å². The standard InChI is InChI=1S/C18H16N2O2/c1-11-3-4-14-10-17(20-16(14)9-11)18(22)19-15-7-5-13(6-8-15)12(2)21/h3-10,20H,1-2H3,(H,19,22). The monoisotopic (exact) mass is 292 g/mol. The van der Waals surface area contributed by atoms with Crippen molar-refractivity contribution >= 4 is 28.3 Å². The van der Waals surface area contributed by atoms with Crippen LogP contribution in [0.3, 0.4) is 0 Å². The van der Waals surface area contributed by atoms with E-state index in [1.165, 1.54) is 6.92 Å². The van der Waals surface area contributed by atoms with E-state index in [-0.39, 0.29) is 11.7 Å². The first-order valence-electron chi connectivity index (χ1n) is 7.04. The number of carbonyl (C=O) groups excluding carboxylic acids is 2. The third kappa shape index (κ3) is 2.76. The lowest BCUT2D eigenvalue weighted by molar-refractivity contribution is 0.101. The summed E-state index contributed by atoms with van der Waals surface area (Å²) in [6.07, 6.45) is 0. The molecule has 0 atom stereocenters. The van der Waals surface area contributed by atoms with Gasteiger partial charge in [0.25, 0.3) is 5.91 Å². The number of anilines is 1. The molecule has 0 aliphatic heterocycles. The second-order valence-electron chi connectivity index (χ2n) is 5.36. The van der Waals surface area contributed by atoms with Gasteiger partial charge in [-0.1, -0.05) is 12.1 Å². The van der Waals surface area contributed by atoms with Crippen molar-refractivity contribution in [3.63, 3.8) is 0 Å². The highest BCUT2D eigenvalue weighted by Crippen LogP contribution is 2.18. The van der Waals surface area contributed by atoms with Gasteiger partial charge in [-0.15, -0.1) is 0 Å². The van der Waals surface area contributed by atoms with Crippen LogP contribution in [-0.4, -0.2) is 16.7 Å². The van der Waals surface area contributed by atoms with Crippen LogP contribution >= 0.6 is 0 Å². The summed E-state index contributed by atoms with van der Waals surface area (Å²) in [4.78, 5) is 26.6. The highest BCUT2D eigenvalue weighted by molar-refractivity contribution is 6.06. The fraction of sp³-hybridized carbons (Fsp3) is 0.111. The molecule has 0 radical (unpaired) electrons. The van der Waals surface area contributed by atoms with Crippen LogP contribution in [0.5, 0.6) is 0 Å². The Hall–Kier alpha value is -2.88. The maximum Gasteiger partial charge on any atom is 0.272 e. The molecule has 0 unspecified atom stereocenters. The molecule has 1 heterocycles. The molecule has 3 rings (SSSR count). The Kier molecular flexibility index (Phi) is 3.51. The maximum absolute atomic E-state index is 12.3. The molecule has 4 heteroatoms. The van der Waals surface area contributed by atoms with E-state index in [1.807, 2.05) is 31.2 Å². The van der Waals surface area contributed by atoms with E-state index in [0.717, 1.165) is 16.5 Å². The topological polar surface area (TPSA) is 62.0 Å². The molecule has 110 valence electrons. The number of rotatable bonds is 3. The van der Waals surface area contributed by atoms with Gasteiger partial charge in [0.05, 0.1) is 0 Å². The van der Waals surface area contributed by atoms with Crippen molar-refractivity contribution < 1.29 is 9.59 Å². The number of aromatic amines is 1. The second-order valence-corrected chi connectivity index (χ2v) is 5.36. The quantitative estimate of drug-likeness (QED) is 0.718. The lowest BCUT2D eigenvalue weighted by Gasteiger charge is -2.04. The molecule has 0 fully saturated rings. The van der Waals surface area contributed by atoms with Crippen molar-refractivity contribution in [2.75, 3.05) is 5.32 Å². The molecule has 2 aromatic carbocycles. The fourth-order valence-corrected chi connectivity index (χ4v) is 2.35. The van der Waals surface area contributed by atoms with Gasteiger partial charge in [-0.25, -0.2) is 0 Å². The predicted molar refractivity (Wildman–Crippen MR) is 87.4 cm³/mol. The highest BCUT2D eigenvalue weighted by atomic mass is 16.2. The first kappa shape index (κ1) is 14.1. The van der Waals surface area contributed by atoms with E-state index in [4.69, 9.17) is 0 Å². The molecule has 0 aliphatic carbocycles. The molecule has 0 aliphatic rings. The zero-order chi connectivity index (χ0) is 15.7. The molecule has 3 aromatic rings. The van der Waals surface area contributed by atoms with E-state index in [1.54, 1.807) is 24.3 Å². The number of aryl methyl sites for hydroxylation is 1. The lowest BCUT2D eigenvalue weighted by atomic mass is 10.1. The minimum absolute atomic E-state index is 0.00358. The van der Waals surface area contributed by atoms with Gasteiger partial charge in [0.1, 0.15) is 5.69 Å². The zero-order valence-electron chi connectivity index (χ0n) is 12.4. The molecule has 1 amide bonds. The highest BCUT2D eigenvalue weighted by Gasteiger charge is 2.10. The normalized spacial score (nSPS) is 10.6. The van der Waals surface area contributed by atoms with Crippen molar-refractivity contribution in [1.29, 1.82) is 0 Å². The minimum Gasteiger partial charge on any atom is -0.351 e. The minimum atomic E-state index is -0.204. The molecule has 4 nitrogen and oxygen atoms in total. The van der Waals surface area contributed by atoms with Crippen molar-refractivity contribution in [2.45, 2.75) is 13.8 Å². The largest absolute Gasteiger partial charge is 0.351 e. The summed E-state index contributed by atoms with van der Waals surface area (Å²) in [5.74, 6) is -0.201. The summed E-state index contributed by atoms with van der Waals surface area (Å²) < 4.78 is 0. The average Bonchev–Trinajstić information content (AvgIpc) is 2.91. The lowest BCUT2D eigenvalue weighted by Crippen LogP contribution is -2.12. The Morgan fingerprint density at radius 1 is 1.00 bits per heavy atom. The van der Waals surface area contributed by atoms with Gasteiger partial charge in [0.15, 0.2) is 5.78 Å². The summed E-state index contributed by atoms with van der Waals surface area (Å²) in [7, 11) is 0. The van der Waals surface area contributed by atoms with Gasteiger partial charge < -0.3 is 10.3 Å². The van der Waals surface area contributed by atoms with Crippen molar-refractivity contribution in [3.8, 4) is 0 Å². The first-order valence-corrected chi connectivity index (χ1v) is 7.04. The number of aromatic nitrogens is 1. The van der Waals surface area contributed by atoms with Crippen LogP contribution in [0.15, 0.2) is 48.5 Å². The molecule has 0 saturated carbocycles. The van der Waals surface area contributed by atoms with Crippen LogP contribution in [0.2, 0.25) is 0 Å². The SMILES string of the molecule is CC(=O)c1ccc(NC(=O)c2cc3ccc(C)cc3[nH]2)cc1. The molecular weight excluding hydrogens is 276 g/mol. The Balaban J connectivity index is 1.81. The smallest absolute Gasteiger partial charge is 0.272 e. The Morgan fingerprint density at radius 2 is 1.73 bits per heavy atom. The van der Waals surface area contributed by atoms with Crippen molar-refractivity contribution in [1.82, 2.24) is 4.98 Å². The van der Waals surface area contributed by atoms with Gasteiger partial charge in [0, 0.05) is 22.2 Å². The van der Waals surface area contributed by atoms with E-state index >= 15 is 0 Å². The van der Waals surface area contributed by atoms with Gasteiger partial charge >= 0.3 is 0 Å². The number of fused-ring (bicyclic) bond motifs is 1. The number of hydrogen-bond donors (Lipinski definition) is 2. The Morgan fingerprint density at radius 3 is 2.41 bits per heavy atom. The predicted octanol–water partition coefficient (Wildman–Crippen LogP) is 3.93. The molecule has 0 saturated heterocycles. The molecule has 2 N–H and O–H groups in total. The number of amides is 1. The number of H-pyrrole nitrogens is 1. The fourth-order valence-electron chi connectivity index (χ4n) is 2.35. The maximum atomic E-state index is 12.3. The Bertz CT molecular complexity index is 860. The van der Waals surface area contributed by atoms with E-state index < -0.39 is 0 Å². The second kappa shape index (κ2) is 5.48. The summed E-state index contributed by atoms with van der Waals surface area (Å²) in [5.41, 5.74) is 3.87. The van der Waals surface area contributed by atoms with Gasteiger partial charge in [-0.05, 0) is 55.8 Å². The summed E-state index contributed by atoms with van der Waals surface area (Å²) in [5, 5.41) is 3.82. The summed E-state index contributed by atoms with van der Waals surface area (Å²) in [6.45, 7) is 3.52. The summed E-state index contributed by atoms with van der Waals surface area (Å²) >= 11 is 0. The molecule has 0 spiro atoms. The zero-order valence-corrected chi connectivity index (χ0v) is 12.4. The number of benzene rings is 2. The van der Waals surface area contributed by atoms with Crippen LogP contribution in [0, 0.1) is 6.92 Å². The number of ketones is 1. The van der Waals surface area contributed by atoms with Gasteiger partial charge in [-0.2, -0.15) is 0 Å².